The van der Waals surface area contributed by atoms with Crippen LogP contribution in [0.15, 0.2) is 60.3 Å². The molecule has 0 bridgehead atoms. The molecule has 2 aliphatic rings. The lowest BCUT2D eigenvalue weighted by molar-refractivity contribution is -0.660. The zero-order chi connectivity index (χ0) is 28.0. The van der Waals surface area contributed by atoms with Gasteiger partial charge in [0.1, 0.15) is 9.71 Å². The summed E-state index contributed by atoms with van der Waals surface area (Å²) in [7, 11) is 0. The maximum Gasteiger partial charge on any atom is 0.429 e. The minimum atomic E-state index is -0.406. The first-order valence-electron chi connectivity index (χ1n) is 12.7. The summed E-state index contributed by atoms with van der Waals surface area (Å²) in [6.07, 6.45) is 8.25. The fourth-order valence-electron chi connectivity index (χ4n) is 5.35. The second-order valence-electron chi connectivity index (χ2n) is 9.66. The second-order valence-corrected chi connectivity index (χ2v) is 10.7. The molecule has 1 aliphatic heterocycles. The molecule has 6 rings (SSSR count). The second kappa shape index (κ2) is 10.1. The number of quaternary nitrogens is 1. The fraction of sp³-hybridized carbons (Fsp3) is 0.222. The number of amides is 4. The lowest BCUT2D eigenvalue weighted by Crippen LogP contribution is -3.07. The maximum absolute atomic E-state index is 13.6. The SMILES string of the molecule is C=CC(=O)NC1CCCC1NC(=O)c1sc2nccc3c2c1NC(=O)[NH+]3c1cn(-c2cccnn2)c(=O)cc1C. The van der Waals surface area contributed by atoms with E-state index in [0.29, 0.717) is 48.4 Å². The van der Waals surface area contributed by atoms with E-state index in [1.807, 2.05) is 0 Å². The molecule has 1 aliphatic carbocycles. The van der Waals surface area contributed by atoms with Crippen molar-refractivity contribution >= 4 is 56.5 Å². The van der Waals surface area contributed by atoms with E-state index in [1.54, 1.807) is 37.5 Å². The molecular weight excluding hydrogens is 532 g/mol. The van der Waals surface area contributed by atoms with Crippen molar-refractivity contribution in [2.45, 2.75) is 38.3 Å². The van der Waals surface area contributed by atoms with E-state index in [9.17, 15) is 19.2 Å². The van der Waals surface area contributed by atoms with Crippen molar-refractivity contribution in [1.29, 1.82) is 0 Å². The Hall–Kier alpha value is -4.75. The average molecular weight is 558 g/mol. The largest absolute Gasteiger partial charge is 0.429 e. The van der Waals surface area contributed by atoms with Gasteiger partial charge in [-0.3, -0.25) is 24.3 Å². The number of hydrogen-bond donors (Lipinski definition) is 4. The number of urea groups is 1. The van der Waals surface area contributed by atoms with Crippen LogP contribution < -0.4 is 26.4 Å². The smallest absolute Gasteiger partial charge is 0.348 e. The highest BCUT2D eigenvalue weighted by molar-refractivity contribution is 7.21. The molecule has 0 aromatic carbocycles. The minimum Gasteiger partial charge on any atom is -0.348 e. The van der Waals surface area contributed by atoms with Gasteiger partial charge >= 0.3 is 6.03 Å². The molecular formula is C27H25N8O4S+. The van der Waals surface area contributed by atoms with Gasteiger partial charge in [-0.05, 0) is 44.4 Å². The summed E-state index contributed by atoms with van der Waals surface area (Å²) in [6.45, 7) is 5.26. The lowest BCUT2D eigenvalue weighted by atomic mass is 10.1. The van der Waals surface area contributed by atoms with E-state index in [4.69, 9.17) is 0 Å². The molecule has 0 spiro atoms. The van der Waals surface area contributed by atoms with E-state index in [-0.39, 0.29) is 29.5 Å². The molecule has 4 aromatic rings. The van der Waals surface area contributed by atoms with Crippen LogP contribution in [-0.4, -0.2) is 49.7 Å². The van der Waals surface area contributed by atoms with Crippen molar-refractivity contribution in [2.75, 3.05) is 5.32 Å². The van der Waals surface area contributed by atoms with E-state index in [2.05, 4.69) is 37.7 Å². The van der Waals surface area contributed by atoms with Crippen LogP contribution in [0.4, 0.5) is 21.9 Å². The van der Waals surface area contributed by atoms with Gasteiger partial charge in [0.05, 0.1) is 17.3 Å². The third-order valence-corrected chi connectivity index (χ3v) is 8.31. The Morgan fingerprint density at radius 2 is 1.98 bits per heavy atom. The zero-order valence-corrected chi connectivity index (χ0v) is 22.2. The van der Waals surface area contributed by atoms with Gasteiger partial charge in [0.15, 0.2) is 17.2 Å². The Kier molecular flexibility index (Phi) is 6.44. The van der Waals surface area contributed by atoms with Crippen molar-refractivity contribution in [2.24, 2.45) is 0 Å². The monoisotopic (exact) mass is 557 g/mol. The molecule has 12 nitrogen and oxygen atoms in total. The summed E-state index contributed by atoms with van der Waals surface area (Å²) < 4.78 is 1.35. The van der Waals surface area contributed by atoms with Gasteiger partial charge in [0, 0.05) is 42.2 Å². The number of pyridine rings is 2. The molecule has 0 radical (unpaired) electrons. The summed E-state index contributed by atoms with van der Waals surface area (Å²) in [4.78, 5) is 57.5. The summed E-state index contributed by atoms with van der Waals surface area (Å²) in [5.74, 6) is -0.298. The number of nitrogens with one attached hydrogen (secondary N) is 4. The van der Waals surface area contributed by atoms with Crippen LogP contribution in [0.1, 0.15) is 34.5 Å². The molecule has 40 heavy (non-hydrogen) atoms. The number of carbonyl (C=O) groups excluding carboxylic acids is 3. The summed E-state index contributed by atoms with van der Waals surface area (Å²) in [5.41, 5.74) is 1.88. The molecule has 0 saturated heterocycles. The minimum absolute atomic E-state index is 0.198. The maximum atomic E-state index is 13.6. The van der Waals surface area contributed by atoms with Crippen molar-refractivity contribution in [1.82, 2.24) is 30.4 Å². The molecule has 4 amide bonds. The summed E-state index contributed by atoms with van der Waals surface area (Å²) >= 11 is 1.19. The van der Waals surface area contributed by atoms with Gasteiger partial charge < -0.3 is 10.6 Å². The standard InChI is InChI=1S/C27H24N8O4S/c1-3-20(36)30-15-6-4-7-16(15)31-25(38)24-23-22-17(9-11-28-26(22)40-24)35(27(39)32-23)18-13-34(21(37)12-14(18)2)19-8-5-10-29-33-19/h3,5,8-13,15-16H,1,4,6-7H2,2H3,(H,30,36)(H,31,38)(H,32,39)/p+1. The van der Waals surface area contributed by atoms with Gasteiger partial charge in [0.2, 0.25) is 5.91 Å². The fourth-order valence-corrected chi connectivity index (χ4v) is 6.37. The normalized spacial score (nSPS) is 19.7. The first kappa shape index (κ1) is 25.5. The van der Waals surface area contributed by atoms with Crippen LogP contribution in [0, 0.1) is 6.92 Å². The first-order valence-corrected chi connectivity index (χ1v) is 13.5. The van der Waals surface area contributed by atoms with Crippen molar-refractivity contribution in [3.8, 4) is 5.82 Å². The van der Waals surface area contributed by atoms with Crippen molar-refractivity contribution in [3.05, 3.63) is 76.3 Å². The highest BCUT2D eigenvalue weighted by Crippen LogP contribution is 2.40. The van der Waals surface area contributed by atoms with Crippen LogP contribution in [-0.2, 0) is 4.79 Å². The van der Waals surface area contributed by atoms with E-state index in [1.165, 1.54) is 34.2 Å². The van der Waals surface area contributed by atoms with Gasteiger partial charge in [-0.2, -0.15) is 10.00 Å². The number of aromatic nitrogens is 4. The molecule has 1 saturated carbocycles. The van der Waals surface area contributed by atoms with E-state index in [0.717, 1.165) is 19.3 Å². The number of anilines is 1. The molecule has 1 fully saturated rings. The van der Waals surface area contributed by atoms with Gasteiger partial charge in [-0.15, -0.1) is 16.4 Å². The van der Waals surface area contributed by atoms with Crippen LogP contribution >= 0.6 is 11.3 Å². The number of rotatable bonds is 6. The molecule has 3 atom stereocenters. The first-order chi connectivity index (χ1) is 19.4. The van der Waals surface area contributed by atoms with Gasteiger partial charge in [-0.1, -0.05) is 6.58 Å². The number of thiophene rings is 1. The summed E-state index contributed by atoms with van der Waals surface area (Å²) in [5, 5.41) is 17.4. The molecule has 3 unspecified atom stereocenters. The third-order valence-electron chi connectivity index (χ3n) is 7.21. The topological polar surface area (TPSA) is 152 Å². The predicted octanol–water partition coefficient (Wildman–Crippen LogP) is 1.89. The quantitative estimate of drug-likeness (QED) is 0.264. The summed E-state index contributed by atoms with van der Waals surface area (Å²) in [6, 6.07) is 5.67. The van der Waals surface area contributed by atoms with E-state index < -0.39 is 6.03 Å². The Morgan fingerprint density at radius 1 is 1.18 bits per heavy atom. The Bertz CT molecular complexity index is 1750. The highest BCUT2D eigenvalue weighted by Gasteiger charge is 2.39. The Labute approximate surface area is 231 Å². The van der Waals surface area contributed by atoms with Crippen LogP contribution in [0.25, 0.3) is 16.0 Å². The van der Waals surface area contributed by atoms with Crippen LogP contribution in [0.5, 0.6) is 0 Å². The predicted molar refractivity (Wildman–Crippen MR) is 149 cm³/mol. The van der Waals surface area contributed by atoms with E-state index >= 15 is 0 Å². The zero-order valence-electron chi connectivity index (χ0n) is 21.4. The molecule has 202 valence electrons. The molecule has 13 heteroatoms. The molecule has 4 N–H and O–H groups in total. The molecule has 4 aromatic heterocycles. The number of hydrogen-bond acceptors (Lipinski definition) is 8. The highest BCUT2D eigenvalue weighted by atomic mass is 32.1. The van der Waals surface area contributed by atoms with Crippen molar-refractivity contribution in [3.63, 3.8) is 0 Å². The van der Waals surface area contributed by atoms with Crippen LogP contribution in [0.3, 0.4) is 0 Å². The average Bonchev–Trinajstić information content (AvgIpc) is 3.54. The van der Waals surface area contributed by atoms with Gasteiger partial charge in [-0.25, -0.2) is 9.78 Å². The van der Waals surface area contributed by atoms with Crippen molar-refractivity contribution < 1.29 is 19.3 Å². The van der Waals surface area contributed by atoms with Crippen LogP contribution in [0.2, 0.25) is 0 Å². The Balaban J connectivity index is 1.39. The number of nitrogens with zero attached hydrogens (tertiary/aromatic N) is 4. The number of carbonyl (C=O) groups is 3. The molecule has 5 heterocycles. The van der Waals surface area contributed by atoms with Gasteiger partial charge in [0.25, 0.3) is 11.5 Å². The Morgan fingerprint density at radius 3 is 2.73 bits per heavy atom. The third kappa shape index (κ3) is 4.34. The lowest BCUT2D eigenvalue weighted by Gasteiger charge is -2.24. The number of aryl methyl sites for hydroxylation is 1.